The van der Waals surface area contributed by atoms with Crippen LogP contribution in [0.2, 0.25) is 0 Å². The van der Waals surface area contributed by atoms with Crippen LogP contribution in [0.5, 0.6) is 5.88 Å². The smallest absolute Gasteiger partial charge is 0.411 e. The molecule has 2 aromatic heterocycles. The van der Waals surface area contributed by atoms with Crippen molar-refractivity contribution in [3.63, 3.8) is 0 Å². The van der Waals surface area contributed by atoms with Crippen LogP contribution in [0.1, 0.15) is 38.3 Å². The monoisotopic (exact) mass is 470 g/mol. The molecule has 0 bridgehead atoms. The third kappa shape index (κ3) is 5.78. The van der Waals surface area contributed by atoms with Crippen molar-refractivity contribution in [1.29, 1.82) is 0 Å². The van der Waals surface area contributed by atoms with E-state index in [2.05, 4.69) is 11.6 Å². The minimum atomic E-state index is -1.12. The summed E-state index contributed by atoms with van der Waals surface area (Å²) in [6.45, 7) is 10.8. The van der Waals surface area contributed by atoms with Crippen molar-refractivity contribution in [1.82, 2.24) is 9.88 Å². The van der Waals surface area contributed by atoms with Gasteiger partial charge in [-0.25, -0.2) is 14.6 Å². The lowest BCUT2D eigenvalue weighted by Crippen LogP contribution is -2.43. The van der Waals surface area contributed by atoms with Gasteiger partial charge in [0.1, 0.15) is 23.5 Å². The standard InChI is InChI=1S/C25H30N2O7/c1-7-18(31-6)10-17-11-20(16-8-9-32-14-16)26-22(15(17)2)33-19-12-21(23(28)29)27(13-19)24(30)34-25(3,4)5/h7-11,14,19,21H,1,12-13H2,2-6H3,(H,28,29)/b18-10+/t19-,21?/m1/s1. The van der Waals surface area contributed by atoms with Gasteiger partial charge in [-0.15, -0.1) is 0 Å². The lowest BCUT2D eigenvalue weighted by Gasteiger charge is -2.26. The third-order valence-corrected chi connectivity index (χ3v) is 5.27. The molecule has 3 heterocycles. The molecule has 3 rings (SSSR count). The Bertz CT molecular complexity index is 1080. The number of carboxylic acids is 1. The van der Waals surface area contributed by atoms with E-state index in [9.17, 15) is 14.7 Å². The van der Waals surface area contributed by atoms with Gasteiger partial charge in [0.15, 0.2) is 0 Å². The van der Waals surface area contributed by atoms with Crippen LogP contribution in [0.4, 0.5) is 4.79 Å². The molecule has 0 radical (unpaired) electrons. The molecule has 0 aromatic carbocycles. The quantitative estimate of drug-likeness (QED) is 0.459. The van der Waals surface area contributed by atoms with Crippen molar-refractivity contribution < 1.29 is 33.3 Å². The minimum absolute atomic E-state index is 0.0596. The zero-order chi connectivity index (χ0) is 25.0. The average molecular weight is 471 g/mol. The van der Waals surface area contributed by atoms with Crippen molar-refractivity contribution in [2.45, 2.75) is 51.9 Å². The fraction of sp³-hybridized carbons (Fsp3) is 0.400. The number of methoxy groups -OCH3 is 1. The van der Waals surface area contributed by atoms with Crippen molar-refractivity contribution in [3.05, 3.63) is 54.2 Å². The van der Waals surface area contributed by atoms with E-state index in [0.717, 1.165) is 16.7 Å². The molecular weight excluding hydrogens is 440 g/mol. The maximum absolute atomic E-state index is 12.6. The van der Waals surface area contributed by atoms with Gasteiger partial charge in [-0.3, -0.25) is 4.90 Å². The summed E-state index contributed by atoms with van der Waals surface area (Å²) >= 11 is 0. The van der Waals surface area contributed by atoms with E-state index in [4.69, 9.17) is 18.6 Å². The number of aromatic nitrogens is 1. The topological polar surface area (TPSA) is 111 Å². The summed E-state index contributed by atoms with van der Waals surface area (Å²) in [5.41, 5.74) is 2.13. The third-order valence-electron chi connectivity index (χ3n) is 5.27. The number of likely N-dealkylation sites (tertiary alicyclic amines) is 1. The first-order valence-corrected chi connectivity index (χ1v) is 10.8. The van der Waals surface area contributed by atoms with Gasteiger partial charge in [0.2, 0.25) is 5.88 Å². The van der Waals surface area contributed by atoms with Gasteiger partial charge in [0, 0.05) is 17.5 Å². The zero-order valence-corrected chi connectivity index (χ0v) is 20.0. The highest BCUT2D eigenvalue weighted by Crippen LogP contribution is 2.31. The zero-order valence-electron chi connectivity index (χ0n) is 20.0. The number of carbonyl (C=O) groups excluding carboxylic acids is 1. The summed E-state index contributed by atoms with van der Waals surface area (Å²) in [6.07, 6.45) is 5.34. The van der Waals surface area contributed by atoms with E-state index >= 15 is 0 Å². The molecule has 0 spiro atoms. The second-order valence-electron chi connectivity index (χ2n) is 8.96. The summed E-state index contributed by atoms with van der Waals surface area (Å²) in [7, 11) is 1.55. The summed E-state index contributed by atoms with van der Waals surface area (Å²) in [4.78, 5) is 30.3. The second kappa shape index (κ2) is 10.0. The fourth-order valence-electron chi connectivity index (χ4n) is 3.58. The first kappa shape index (κ1) is 24.9. The Morgan fingerprint density at radius 2 is 2.09 bits per heavy atom. The molecule has 1 saturated heterocycles. The largest absolute Gasteiger partial charge is 0.497 e. The number of amides is 1. The Labute approximate surface area is 198 Å². The number of hydrogen-bond acceptors (Lipinski definition) is 7. The van der Waals surface area contributed by atoms with Crippen LogP contribution in [0.3, 0.4) is 0 Å². The number of nitrogens with zero attached hydrogens (tertiary/aromatic N) is 2. The number of pyridine rings is 1. The number of carbonyl (C=O) groups is 2. The molecule has 9 heteroatoms. The van der Waals surface area contributed by atoms with Crippen LogP contribution in [-0.2, 0) is 14.3 Å². The number of furan rings is 1. The van der Waals surface area contributed by atoms with Crippen LogP contribution in [0.15, 0.2) is 47.5 Å². The molecule has 9 nitrogen and oxygen atoms in total. The number of hydrogen-bond donors (Lipinski definition) is 1. The van der Waals surface area contributed by atoms with E-state index in [1.807, 2.05) is 19.1 Å². The molecule has 1 amide bonds. The van der Waals surface area contributed by atoms with E-state index in [1.54, 1.807) is 52.5 Å². The summed E-state index contributed by atoms with van der Waals surface area (Å²) < 4.78 is 22.1. The van der Waals surface area contributed by atoms with Crippen LogP contribution in [-0.4, -0.2) is 58.5 Å². The molecule has 34 heavy (non-hydrogen) atoms. The first-order chi connectivity index (χ1) is 16.0. The molecule has 2 aromatic rings. The number of allylic oxidation sites excluding steroid dienone is 1. The van der Waals surface area contributed by atoms with Crippen molar-refractivity contribution in [2.24, 2.45) is 0 Å². The molecule has 182 valence electrons. The number of carboxylic acid groups (broad SMARTS) is 1. The van der Waals surface area contributed by atoms with Gasteiger partial charge in [-0.05, 0) is 57.5 Å². The highest BCUT2D eigenvalue weighted by Gasteiger charge is 2.43. The van der Waals surface area contributed by atoms with Gasteiger partial charge >= 0.3 is 12.1 Å². The van der Waals surface area contributed by atoms with Crippen molar-refractivity contribution in [2.75, 3.05) is 13.7 Å². The van der Waals surface area contributed by atoms with Crippen molar-refractivity contribution in [3.8, 4) is 17.1 Å². The maximum Gasteiger partial charge on any atom is 0.411 e. The molecule has 2 atom stereocenters. The molecule has 1 unspecified atom stereocenters. The Balaban J connectivity index is 1.94. The lowest BCUT2D eigenvalue weighted by atomic mass is 10.1. The highest BCUT2D eigenvalue weighted by molar-refractivity contribution is 5.81. The van der Waals surface area contributed by atoms with Gasteiger partial charge in [-0.2, -0.15) is 0 Å². The van der Waals surface area contributed by atoms with Gasteiger partial charge in [0.25, 0.3) is 0 Å². The van der Waals surface area contributed by atoms with E-state index in [0.29, 0.717) is 17.3 Å². The van der Waals surface area contributed by atoms with E-state index in [-0.39, 0.29) is 13.0 Å². The van der Waals surface area contributed by atoms with Crippen molar-refractivity contribution >= 4 is 18.1 Å². The van der Waals surface area contributed by atoms with Crippen LogP contribution >= 0.6 is 0 Å². The highest BCUT2D eigenvalue weighted by atomic mass is 16.6. The molecule has 1 aliphatic rings. The SMILES string of the molecule is C=C/C(=C\c1cc(-c2ccoc2)nc(O[C@@H]2CC(C(=O)O)N(C(=O)OC(C)(C)C)C2)c1C)OC. The molecule has 0 aliphatic carbocycles. The maximum atomic E-state index is 12.6. The molecule has 1 fully saturated rings. The van der Waals surface area contributed by atoms with E-state index in [1.165, 1.54) is 4.90 Å². The summed E-state index contributed by atoms with van der Waals surface area (Å²) in [5, 5.41) is 9.67. The molecule has 1 N–H and O–H groups in total. The normalized spacial score (nSPS) is 18.5. The minimum Gasteiger partial charge on any atom is -0.497 e. The average Bonchev–Trinajstić information content (AvgIpc) is 3.43. The molecular formula is C25H30N2O7. The van der Waals surface area contributed by atoms with Gasteiger partial charge < -0.3 is 23.7 Å². The fourth-order valence-corrected chi connectivity index (χ4v) is 3.58. The Kier molecular flexibility index (Phi) is 7.34. The number of aliphatic carboxylic acids is 1. The number of ether oxygens (including phenoxy) is 3. The first-order valence-electron chi connectivity index (χ1n) is 10.8. The number of rotatable bonds is 7. The van der Waals surface area contributed by atoms with Crippen LogP contribution in [0.25, 0.3) is 17.3 Å². The Hall–Kier alpha value is -3.75. The predicted octanol–water partition coefficient (Wildman–Crippen LogP) is 4.66. The Morgan fingerprint density at radius 3 is 2.65 bits per heavy atom. The summed E-state index contributed by atoms with van der Waals surface area (Å²) in [6, 6.07) is 2.59. The lowest BCUT2D eigenvalue weighted by molar-refractivity contribution is -0.142. The second-order valence-corrected chi connectivity index (χ2v) is 8.96. The van der Waals surface area contributed by atoms with Gasteiger partial charge in [0.05, 0.1) is 31.9 Å². The van der Waals surface area contributed by atoms with Gasteiger partial charge in [-0.1, -0.05) is 6.58 Å². The predicted molar refractivity (Wildman–Crippen MR) is 125 cm³/mol. The Morgan fingerprint density at radius 1 is 1.35 bits per heavy atom. The van der Waals surface area contributed by atoms with Crippen LogP contribution in [0, 0.1) is 6.92 Å². The molecule has 1 aliphatic heterocycles. The summed E-state index contributed by atoms with van der Waals surface area (Å²) in [5.74, 6) is -0.237. The van der Waals surface area contributed by atoms with Crippen LogP contribution < -0.4 is 4.74 Å². The molecule has 0 saturated carbocycles. The van der Waals surface area contributed by atoms with E-state index < -0.39 is 29.8 Å².